The van der Waals surface area contributed by atoms with Crippen LogP contribution in [0.1, 0.15) is 12.0 Å². The van der Waals surface area contributed by atoms with E-state index in [1.165, 1.54) is 5.56 Å². The molecule has 3 heteroatoms. The van der Waals surface area contributed by atoms with Crippen LogP contribution in [0.2, 0.25) is 0 Å². The minimum atomic E-state index is 0.815. The second-order valence-electron chi connectivity index (χ2n) is 4.16. The van der Waals surface area contributed by atoms with Crippen molar-refractivity contribution in [2.45, 2.75) is 13.3 Å². The van der Waals surface area contributed by atoms with E-state index in [0.29, 0.717) is 0 Å². The summed E-state index contributed by atoms with van der Waals surface area (Å²) in [6, 6.07) is 5.97. The number of nitrogen functional groups attached to an aromatic ring is 1. The Morgan fingerprint density at radius 3 is 2.73 bits per heavy atom. The molecule has 0 radical (unpaired) electrons. The zero-order chi connectivity index (χ0) is 11.3. The number of hydrogen-bond acceptors (Lipinski definition) is 3. The molecule has 1 aromatic rings. The molecule has 0 unspecified atom stereocenters. The molecule has 3 nitrogen and oxygen atoms in total. The minimum absolute atomic E-state index is 0.815. The third-order valence-electron chi connectivity index (χ3n) is 2.36. The highest BCUT2D eigenvalue weighted by atomic mass is 15.1. The van der Waals surface area contributed by atoms with Gasteiger partial charge in [0.05, 0.1) is 0 Å². The van der Waals surface area contributed by atoms with E-state index >= 15 is 0 Å². The van der Waals surface area contributed by atoms with Crippen LogP contribution < -0.4 is 11.1 Å². The molecule has 0 aliphatic carbocycles. The third kappa shape index (κ3) is 4.21. The Morgan fingerprint density at radius 2 is 2.07 bits per heavy atom. The lowest BCUT2D eigenvalue weighted by atomic mass is 10.2. The van der Waals surface area contributed by atoms with Crippen LogP contribution >= 0.6 is 0 Å². The summed E-state index contributed by atoms with van der Waals surface area (Å²) >= 11 is 0. The summed E-state index contributed by atoms with van der Waals surface area (Å²) in [5.41, 5.74) is 8.94. The van der Waals surface area contributed by atoms with Gasteiger partial charge in [0.25, 0.3) is 0 Å². The topological polar surface area (TPSA) is 41.3 Å². The van der Waals surface area contributed by atoms with Gasteiger partial charge in [0.15, 0.2) is 0 Å². The summed E-state index contributed by atoms with van der Waals surface area (Å²) in [5.74, 6) is 0. The predicted molar refractivity (Wildman–Crippen MR) is 67.3 cm³/mol. The molecule has 0 fully saturated rings. The molecule has 0 aromatic heterocycles. The molecule has 0 spiro atoms. The van der Waals surface area contributed by atoms with Crippen molar-refractivity contribution in [2.24, 2.45) is 0 Å². The minimum Gasteiger partial charge on any atom is -0.399 e. The van der Waals surface area contributed by atoms with E-state index in [9.17, 15) is 0 Å². The zero-order valence-corrected chi connectivity index (χ0v) is 9.88. The van der Waals surface area contributed by atoms with E-state index in [1.807, 2.05) is 18.2 Å². The molecular weight excluding hydrogens is 186 g/mol. The van der Waals surface area contributed by atoms with E-state index in [1.54, 1.807) is 0 Å². The summed E-state index contributed by atoms with van der Waals surface area (Å²) in [6.07, 6.45) is 1.14. The molecule has 1 aromatic carbocycles. The van der Waals surface area contributed by atoms with E-state index in [2.05, 4.69) is 31.2 Å². The average Bonchev–Trinajstić information content (AvgIpc) is 2.17. The highest BCUT2D eigenvalue weighted by Crippen LogP contribution is 2.17. The van der Waals surface area contributed by atoms with Crippen LogP contribution in [0.5, 0.6) is 0 Å². The average molecular weight is 207 g/mol. The van der Waals surface area contributed by atoms with Crippen molar-refractivity contribution in [3.63, 3.8) is 0 Å². The molecule has 84 valence electrons. The molecular formula is C12H21N3. The second-order valence-corrected chi connectivity index (χ2v) is 4.16. The molecule has 0 aliphatic heterocycles. The van der Waals surface area contributed by atoms with Gasteiger partial charge in [-0.15, -0.1) is 0 Å². The molecule has 0 saturated carbocycles. The molecule has 0 aliphatic rings. The van der Waals surface area contributed by atoms with Crippen LogP contribution in [0.4, 0.5) is 11.4 Å². The fourth-order valence-electron chi connectivity index (χ4n) is 1.45. The van der Waals surface area contributed by atoms with E-state index in [0.717, 1.165) is 30.9 Å². The first-order valence-corrected chi connectivity index (χ1v) is 5.34. The molecule has 1 rings (SSSR count). The summed E-state index contributed by atoms with van der Waals surface area (Å²) in [5, 5.41) is 3.40. The standard InChI is InChI=1S/C12H21N3/c1-10-5-6-11(13)9-12(10)14-7-4-8-15(2)3/h5-6,9,14H,4,7-8,13H2,1-3H3. The number of rotatable bonds is 5. The van der Waals surface area contributed by atoms with Crippen LogP contribution in [0.25, 0.3) is 0 Å². The summed E-state index contributed by atoms with van der Waals surface area (Å²) in [4.78, 5) is 2.19. The summed E-state index contributed by atoms with van der Waals surface area (Å²) < 4.78 is 0. The van der Waals surface area contributed by atoms with Crippen LogP contribution in [-0.4, -0.2) is 32.1 Å². The first-order valence-electron chi connectivity index (χ1n) is 5.34. The van der Waals surface area contributed by atoms with Crippen molar-refractivity contribution in [2.75, 3.05) is 38.2 Å². The van der Waals surface area contributed by atoms with Gasteiger partial charge in [-0.3, -0.25) is 0 Å². The quantitative estimate of drug-likeness (QED) is 0.572. The number of aryl methyl sites for hydroxylation is 1. The van der Waals surface area contributed by atoms with Gasteiger partial charge < -0.3 is 16.0 Å². The maximum absolute atomic E-state index is 5.73. The predicted octanol–water partition coefficient (Wildman–Crippen LogP) is 1.94. The molecule has 3 N–H and O–H groups in total. The highest BCUT2D eigenvalue weighted by Gasteiger charge is 1.98. The lowest BCUT2D eigenvalue weighted by molar-refractivity contribution is 0.405. The van der Waals surface area contributed by atoms with Crippen molar-refractivity contribution in [3.8, 4) is 0 Å². The maximum Gasteiger partial charge on any atom is 0.0390 e. The zero-order valence-electron chi connectivity index (χ0n) is 9.88. The molecule has 0 bridgehead atoms. The molecule has 0 heterocycles. The Labute approximate surface area is 92.3 Å². The number of nitrogens with zero attached hydrogens (tertiary/aromatic N) is 1. The van der Waals surface area contributed by atoms with Crippen LogP contribution in [0.15, 0.2) is 18.2 Å². The molecule has 0 atom stereocenters. The Kier molecular flexibility index (Phi) is 4.43. The third-order valence-corrected chi connectivity index (χ3v) is 2.36. The SMILES string of the molecule is Cc1ccc(N)cc1NCCCN(C)C. The number of benzene rings is 1. The number of anilines is 2. The van der Waals surface area contributed by atoms with Gasteiger partial charge in [-0.1, -0.05) is 6.07 Å². The highest BCUT2D eigenvalue weighted by molar-refractivity contribution is 5.59. The first kappa shape index (κ1) is 11.9. The maximum atomic E-state index is 5.73. The second kappa shape index (κ2) is 5.61. The van der Waals surface area contributed by atoms with Gasteiger partial charge in [-0.05, 0) is 51.7 Å². The molecule has 0 amide bonds. The Balaban J connectivity index is 2.40. The van der Waals surface area contributed by atoms with Gasteiger partial charge in [0.2, 0.25) is 0 Å². The normalized spacial score (nSPS) is 10.7. The molecule has 15 heavy (non-hydrogen) atoms. The van der Waals surface area contributed by atoms with Gasteiger partial charge in [-0.25, -0.2) is 0 Å². The van der Waals surface area contributed by atoms with Gasteiger partial charge in [-0.2, -0.15) is 0 Å². The number of nitrogens with two attached hydrogens (primary N) is 1. The fourth-order valence-corrected chi connectivity index (χ4v) is 1.45. The van der Waals surface area contributed by atoms with Crippen LogP contribution in [0, 0.1) is 6.92 Å². The fraction of sp³-hybridized carbons (Fsp3) is 0.500. The Hall–Kier alpha value is -1.22. The van der Waals surface area contributed by atoms with Crippen molar-refractivity contribution in [1.82, 2.24) is 4.90 Å². The monoisotopic (exact) mass is 207 g/mol. The van der Waals surface area contributed by atoms with E-state index in [4.69, 9.17) is 5.73 Å². The van der Waals surface area contributed by atoms with Crippen molar-refractivity contribution in [1.29, 1.82) is 0 Å². The van der Waals surface area contributed by atoms with Crippen LogP contribution in [-0.2, 0) is 0 Å². The Bertz CT molecular complexity index is 308. The van der Waals surface area contributed by atoms with Crippen molar-refractivity contribution in [3.05, 3.63) is 23.8 Å². The lowest BCUT2D eigenvalue weighted by Crippen LogP contribution is -2.16. The number of nitrogens with one attached hydrogen (secondary N) is 1. The molecule has 0 saturated heterocycles. The van der Waals surface area contributed by atoms with E-state index in [-0.39, 0.29) is 0 Å². The lowest BCUT2D eigenvalue weighted by Gasteiger charge is -2.12. The summed E-state index contributed by atoms with van der Waals surface area (Å²) in [6.45, 7) is 4.19. The largest absolute Gasteiger partial charge is 0.399 e. The smallest absolute Gasteiger partial charge is 0.0390 e. The first-order chi connectivity index (χ1) is 7.09. The van der Waals surface area contributed by atoms with Gasteiger partial charge >= 0.3 is 0 Å². The van der Waals surface area contributed by atoms with Gasteiger partial charge in [0, 0.05) is 17.9 Å². The number of hydrogen-bond donors (Lipinski definition) is 2. The Morgan fingerprint density at radius 1 is 1.33 bits per heavy atom. The van der Waals surface area contributed by atoms with Crippen LogP contribution in [0.3, 0.4) is 0 Å². The van der Waals surface area contributed by atoms with Crippen molar-refractivity contribution < 1.29 is 0 Å². The summed E-state index contributed by atoms with van der Waals surface area (Å²) in [7, 11) is 4.18. The van der Waals surface area contributed by atoms with E-state index < -0.39 is 0 Å². The van der Waals surface area contributed by atoms with Crippen molar-refractivity contribution >= 4 is 11.4 Å². The van der Waals surface area contributed by atoms with Gasteiger partial charge in [0.1, 0.15) is 0 Å².